The number of ether oxygens (including phenoxy) is 3. The Labute approximate surface area is 192 Å². The lowest BCUT2D eigenvalue weighted by Crippen LogP contribution is -2.45. The van der Waals surface area contributed by atoms with Crippen LogP contribution in [0.5, 0.6) is 0 Å². The Morgan fingerprint density at radius 3 is 2.30 bits per heavy atom. The first kappa shape index (κ1) is 28.1. The summed E-state index contributed by atoms with van der Waals surface area (Å²) in [6.07, 6.45) is -3.82. The minimum atomic E-state index is -1.37. The average Bonchev–Trinajstić information content (AvgIpc) is 2.99. The van der Waals surface area contributed by atoms with Crippen LogP contribution in [0.1, 0.15) is 67.2 Å². The number of rotatable bonds is 10. The topological polar surface area (TPSA) is 158 Å². The number of hydrogen-bond acceptors (Lipinski definition) is 10. The van der Waals surface area contributed by atoms with Crippen LogP contribution in [0.25, 0.3) is 0 Å². The summed E-state index contributed by atoms with van der Waals surface area (Å²) >= 11 is 0. The summed E-state index contributed by atoms with van der Waals surface area (Å²) in [7, 11) is 0. The molecule has 0 radical (unpaired) electrons. The fraction of sp³-hybridized carbons (Fsp3) is 0.762. The van der Waals surface area contributed by atoms with Crippen molar-refractivity contribution >= 4 is 29.9 Å². The second-order valence-electron chi connectivity index (χ2n) is 9.04. The maximum atomic E-state index is 12.4. The number of carbonyl (C=O) groups excluding carboxylic acids is 5. The largest absolute Gasteiger partial charge is 0.464 e. The molecule has 3 atom stereocenters. The van der Waals surface area contributed by atoms with Crippen LogP contribution >= 0.6 is 0 Å². The number of esters is 2. The van der Waals surface area contributed by atoms with Gasteiger partial charge in [0.25, 0.3) is 5.91 Å². The molecule has 1 rings (SSSR count). The molecule has 12 heteroatoms. The first-order valence-electron chi connectivity index (χ1n) is 10.8. The Morgan fingerprint density at radius 1 is 1.15 bits per heavy atom. The van der Waals surface area contributed by atoms with E-state index >= 15 is 0 Å². The van der Waals surface area contributed by atoms with E-state index in [-0.39, 0.29) is 38.2 Å². The summed E-state index contributed by atoms with van der Waals surface area (Å²) < 4.78 is 15.3. The molecule has 0 aromatic heterocycles. The number of aliphatic hydroxyl groups excluding tert-OH is 1. The van der Waals surface area contributed by atoms with E-state index in [2.05, 4.69) is 5.32 Å². The smallest absolute Gasteiger partial charge is 0.408 e. The van der Waals surface area contributed by atoms with Crippen LogP contribution in [-0.4, -0.2) is 70.7 Å². The monoisotopic (exact) mass is 474 g/mol. The van der Waals surface area contributed by atoms with Crippen molar-refractivity contribution in [3.05, 3.63) is 0 Å². The van der Waals surface area contributed by atoms with E-state index in [4.69, 9.17) is 19.0 Å². The third-order valence-electron chi connectivity index (χ3n) is 4.13. The summed E-state index contributed by atoms with van der Waals surface area (Å²) in [6, 6.07) is -1.18. The van der Waals surface area contributed by atoms with Gasteiger partial charge in [0, 0.05) is 19.3 Å². The van der Waals surface area contributed by atoms with Crippen LogP contribution in [0.3, 0.4) is 0 Å². The van der Waals surface area contributed by atoms with Gasteiger partial charge in [-0.1, -0.05) is 13.8 Å². The molecule has 188 valence electrons. The second kappa shape index (κ2) is 12.4. The van der Waals surface area contributed by atoms with Crippen molar-refractivity contribution < 1.29 is 48.1 Å². The summed E-state index contributed by atoms with van der Waals surface area (Å²) in [5.41, 5.74) is -0.796. The third kappa shape index (κ3) is 10.5. The van der Waals surface area contributed by atoms with Crippen molar-refractivity contribution in [1.82, 2.24) is 10.4 Å². The SMILES string of the molecule is CC(C)COC(=O)[C@H](CCC(=O)O[C@@H](C)C(=O)ON1C(=O)CCC1O)NC(=O)OC(C)(C)C. The highest BCUT2D eigenvalue weighted by atomic mass is 16.7. The molecular weight excluding hydrogens is 440 g/mol. The van der Waals surface area contributed by atoms with Gasteiger partial charge in [-0.3, -0.25) is 9.59 Å². The molecule has 2 amide bonds. The average molecular weight is 475 g/mol. The van der Waals surface area contributed by atoms with Gasteiger partial charge in [-0.25, -0.2) is 14.4 Å². The molecule has 0 saturated carbocycles. The van der Waals surface area contributed by atoms with E-state index in [0.717, 1.165) is 0 Å². The van der Waals surface area contributed by atoms with Crippen LogP contribution in [0.4, 0.5) is 4.79 Å². The van der Waals surface area contributed by atoms with Crippen molar-refractivity contribution in [3.8, 4) is 0 Å². The fourth-order valence-electron chi connectivity index (χ4n) is 2.54. The third-order valence-corrected chi connectivity index (χ3v) is 4.13. The van der Waals surface area contributed by atoms with Gasteiger partial charge in [-0.15, -0.1) is 5.06 Å². The maximum Gasteiger partial charge on any atom is 0.408 e. The van der Waals surface area contributed by atoms with Gasteiger partial charge < -0.3 is 29.5 Å². The predicted octanol–water partition coefficient (Wildman–Crippen LogP) is 1.19. The molecule has 33 heavy (non-hydrogen) atoms. The van der Waals surface area contributed by atoms with E-state index in [9.17, 15) is 29.1 Å². The number of alkyl carbamates (subject to hydrolysis) is 1. The van der Waals surface area contributed by atoms with Crippen molar-refractivity contribution in [2.75, 3.05) is 6.61 Å². The van der Waals surface area contributed by atoms with Gasteiger partial charge in [0.2, 0.25) is 0 Å². The number of nitrogens with zero attached hydrogens (tertiary/aromatic N) is 1. The molecule has 0 bridgehead atoms. The van der Waals surface area contributed by atoms with E-state index in [1.807, 2.05) is 13.8 Å². The normalized spacial score (nSPS) is 17.9. The molecule has 12 nitrogen and oxygen atoms in total. The van der Waals surface area contributed by atoms with Gasteiger partial charge in [-0.2, -0.15) is 0 Å². The molecule has 0 aromatic rings. The Balaban J connectivity index is 2.63. The van der Waals surface area contributed by atoms with Gasteiger partial charge in [-0.05, 0) is 40.0 Å². The number of carbonyl (C=O) groups is 5. The summed E-state index contributed by atoms with van der Waals surface area (Å²) in [6.45, 7) is 10.0. The molecule has 2 N–H and O–H groups in total. The van der Waals surface area contributed by atoms with Crippen molar-refractivity contribution in [2.45, 2.75) is 91.2 Å². The first-order chi connectivity index (χ1) is 15.2. The Bertz CT molecular complexity index is 731. The Kier molecular flexibility index (Phi) is 10.6. The number of hydroxylamine groups is 2. The molecule has 0 spiro atoms. The standard InChI is InChI=1S/C21H34N2O10/c1-12(2)11-30-19(28)14(22-20(29)32-21(4,5)6)7-10-17(26)31-13(3)18(27)33-23-15(24)8-9-16(23)25/h12-15,24H,7-11H2,1-6H3,(H,22,29)/t13-,14-,15?/m0/s1. The summed E-state index contributed by atoms with van der Waals surface area (Å²) in [5, 5.41) is 12.5. The summed E-state index contributed by atoms with van der Waals surface area (Å²) in [5.74, 6) is -3.13. The zero-order chi connectivity index (χ0) is 25.3. The quantitative estimate of drug-likeness (QED) is 0.348. The molecule has 0 aliphatic carbocycles. The molecule has 1 fully saturated rings. The fourth-order valence-corrected chi connectivity index (χ4v) is 2.54. The summed E-state index contributed by atoms with van der Waals surface area (Å²) in [4.78, 5) is 65.0. The van der Waals surface area contributed by atoms with Crippen LogP contribution in [0, 0.1) is 5.92 Å². The first-order valence-corrected chi connectivity index (χ1v) is 10.8. The molecule has 1 heterocycles. The number of amides is 2. The van der Waals surface area contributed by atoms with E-state index in [1.165, 1.54) is 6.92 Å². The second-order valence-corrected chi connectivity index (χ2v) is 9.04. The number of hydrogen-bond donors (Lipinski definition) is 2. The van der Waals surface area contributed by atoms with Gasteiger partial charge >= 0.3 is 24.0 Å². The van der Waals surface area contributed by atoms with Crippen LogP contribution in [0.2, 0.25) is 0 Å². The zero-order valence-corrected chi connectivity index (χ0v) is 19.9. The van der Waals surface area contributed by atoms with Crippen LogP contribution in [0.15, 0.2) is 0 Å². The minimum Gasteiger partial charge on any atom is -0.464 e. The van der Waals surface area contributed by atoms with E-state index in [0.29, 0.717) is 5.06 Å². The van der Waals surface area contributed by atoms with E-state index < -0.39 is 53.9 Å². The highest BCUT2D eigenvalue weighted by Gasteiger charge is 2.35. The van der Waals surface area contributed by atoms with Crippen LogP contribution in [-0.2, 0) is 38.2 Å². The molecule has 1 aliphatic rings. The van der Waals surface area contributed by atoms with Crippen molar-refractivity contribution in [1.29, 1.82) is 0 Å². The lowest BCUT2D eigenvalue weighted by Gasteiger charge is -2.23. The maximum absolute atomic E-state index is 12.4. The van der Waals surface area contributed by atoms with Crippen molar-refractivity contribution in [2.24, 2.45) is 5.92 Å². The Hall–Kier alpha value is -2.89. The van der Waals surface area contributed by atoms with E-state index in [1.54, 1.807) is 20.8 Å². The number of aliphatic hydroxyl groups is 1. The minimum absolute atomic E-state index is 0.0293. The van der Waals surface area contributed by atoms with Crippen LogP contribution < -0.4 is 5.32 Å². The molecule has 0 aromatic carbocycles. The molecule has 1 aliphatic heterocycles. The Morgan fingerprint density at radius 2 is 1.79 bits per heavy atom. The lowest BCUT2D eigenvalue weighted by molar-refractivity contribution is -0.227. The molecular formula is C21H34N2O10. The number of nitrogens with one attached hydrogen (secondary N) is 1. The van der Waals surface area contributed by atoms with Gasteiger partial charge in [0.05, 0.1) is 6.61 Å². The van der Waals surface area contributed by atoms with Gasteiger partial charge in [0.1, 0.15) is 11.6 Å². The zero-order valence-electron chi connectivity index (χ0n) is 19.9. The van der Waals surface area contributed by atoms with Gasteiger partial charge in [0.15, 0.2) is 12.3 Å². The molecule has 1 saturated heterocycles. The highest BCUT2D eigenvalue weighted by Crippen LogP contribution is 2.17. The predicted molar refractivity (Wildman–Crippen MR) is 112 cm³/mol. The van der Waals surface area contributed by atoms with Crippen molar-refractivity contribution in [3.63, 3.8) is 0 Å². The molecule has 1 unspecified atom stereocenters. The lowest BCUT2D eigenvalue weighted by atomic mass is 10.1. The highest BCUT2D eigenvalue weighted by molar-refractivity contribution is 5.84.